The molecule has 13 heteroatoms. The number of aromatic hydroxyl groups is 1. The zero-order chi connectivity index (χ0) is 27.1. The van der Waals surface area contributed by atoms with Gasteiger partial charge < -0.3 is 14.8 Å². The van der Waals surface area contributed by atoms with E-state index in [1.807, 2.05) is 0 Å². The molecule has 0 saturated carbocycles. The largest absolute Gasteiger partial charge is 0.507 e. The number of hydrogen-bond donors (Lipinski definition) is 2. The second kappa shape index (κ2) is 9.72. The molecule has 198 valence electrons. The molecular weight excluding hydrogens is 525 g/mol. The predicted octanol–water partition coefficient (Wildman–Crippen LogP) is 4.08. The third-order valence-corrected chi connectivity index (χ3v) is 8.00. The summed E-state index contributed by atoms with van der Waals surface area (Å²) in [6.45, 7) is 0.0626. The highest BCUT2D eigenvalue weighted by atomic mass is 32.2. The second-order valence-electron chi connectivity index (χ2n) is 8.72. The molecule has 1 fully saturated rings. The van der Waals surface area contributed by atoms with Gasteiger partial charge in [-0.05, 0) is 43.2 Å². The highest BCUT2D eigenvalue weighted by Crippen LogP contribution is 2.36. The molecule has 0 aliphatic carbocycles. The molecular formula is C25H21F3N4O5S. The van der Waals surface area contributed by atoms with Crippen molar-refractivity contribution in [2.75, 3.05) is 6.54 Å². The minimum Gasteiger partial charge on any atom is -0.507 e. The Bertz CT molecular complexity index is 1590. The van der Waals surface area contributed by atoms with Gasteiger partial charge in [-0.1, -0.05) is 18.2 Å². The van der Waals surface area contributed by atoms with E-state index in [9.17, 15) is 31.5 Å². The number of halogens is 3. The summed E-state index contributed by atoms with van der Waals surface area (Å²) >= 11 is 0. The van der Waals surface area contributed by atoms with Crippen LogP contribution in [0.2, 0.25) is 0 Å². The molecule has 0 unspecified atom stereocenters. The number of amides is 1. The molecule has 1 aliphatic heterocycles. The SMILES string of the molecule is O=C(NCc1cc(-c2ccc(C(F)(F)F)cc2O)ncn1)[C@@H]1CCCN1S(=O)(=O)c1cc2ccccc2o1. The Hall–Kier alpha value is -3.97. The van der Waals surface area contributed by atoms with Crippen molar-refractivity contribution >= 4 is 26.9 Å². The number of alkyl halides is 3. The molecule has 0 spiro atoms. The summed E-state index contributed by atoms with van der Waals surface area (Å²) in [5.41, 5.74) is -0.0476. The van der Waals surface area contributed by atoms with Crippen molar-refractivity contribution in [3.8, 4) is 17.0 Å². The summed E-state index contributed by atoms with van der Waals surface area (Å²) < 4.78 is 71.8. The van der Waals surface area contributed by atoms with Gasteiger partial charge in [0.25, 0.3) is 10.0 Å². The summed E-state index contributed by atoms with van der Waals surface area (Å²) in [6.07, 6.45) is -2.65. The van der Waals surface area contributed by atoms with E-state index < -0.39 is 39.5 Å². The molecule has 1 atom stereocenters. The van der Waals surface area contributed by atoms with E-state index in [2.05, 4.69) is 15.3 Å². The number of nitrogens with one attached hydrogen (secondary N) is 1. The van der Waals surface area contributed by atoms with Crippen molar-refractivity contribution in [3.05, 3.63) is 72.2 Å². The third-order valence-electron chi connectivity index (χ3n) is 6.24. The Balaban J connectivity index is 1.30. The van der Waals surface area contributed by atoms with E-state index in [0.717, 1.165) is 22.8 Å². The number of phenols is 1. The van der Waals surface area contributed by atoms with Gasteiger partial charge in [0.1, 0.15) is 23.7 Å². The first-order valence-electron chi connectivity index (χ1n) is 11.5. The molecule has 0 radical (unpaired) electrons. The molecule has 9 nitrogen and oxygen atoms in total. The van der Waals surface area contributed by atoms with Crippen LogP contribution in [0.4, 0.5) is 13.2 Å². The zero-order valence-electron chi connectivity index (χ0n) is 19.6. The Kier molecular flexibility index (Phi) is 6.57. The Morgan fingerprint density at radius 2 is 1.92 bits per heavy atom. The minimum atomic E-state index is -4.61. The van der Waals surface area contributed by atoms with E-state index in [4.69, 9.17) is 4.42 Å². The number of para-hydroxylation sites is 1. The number of nitrogens with zero attached hydrogens (tertiary/aromatic N) is 3. The molecule has 1 saturated heterocycles. The number of carbonyl (C=O) groups excluding carboxylic acids is 1. The summed E-state index contributed by atoms with van der Waals surface area (Å²) in [5, 5.41) is 13.2. The standard InChI is InChI=1S/C25H21F3N4O5S/c26-25(27,28)16-7-8-18(21(33)11-16)19-12-17(30-14-31-19)13-29-24(34)20-5-3-9-32(20)38(35,36)23-10-15-4-1-2-6-22(15)37-23/h1-2,4,6-8,10-12,14,20,33H,3,5,9,13H2,(H,29,34)/t20-/m0/s1. The topological polar surface area (TPSA) is 126 Å². The van der Waals surface area contributed by atoms with Crippen LogP contribution >= 0.6 is 0 Å². The molecule has 1 amide bonds. The maximum absolute atomic E-state index is 13.3. The fourth-order valence-electron chi connectivity index (χ4n) is 4.35. The molecule has 2 aromatic heterocycles. The minimum absolute atomic E-state index is 0.0619. The van der Waals surface area contributed by atoms with E-state index in [0.29, 0.717) is 35.6 Å². The van der Waals surface area contributed by atoms with Crippen LogP contribution in [0.15, 0.2) is 70.4 Å². The summed E-state index contributed by atoms with van der Waals surface area (Å²) in [6, 6.07) is 11.3. The van der Waals surface area contributed by atoms with Crippen LogP contribution in [-0.4, -0.2) is 46.3 Å². The monoisotopic (exact) mass is 546 g/mol. The van der Waals surface area contributed by atoms with Gasteiger partial charge in [-0.3, -0.25) is 4.79 Å². The van der Waals surface area contributed by atoms with Crippen LogP contribution < -0.4 is 5.32 Å². The molecule has 0 bridgehead atoms. The number of sulfonamides is 1. The number of benzene rings is 2. The first-order valence-corrected chi connectivity index (χ1v) is 13.0. The lowest BCUT2D eigenvalue weighted by Gasteiger charge is -2.22. The van der Waals surface area contributed by atoms with E-state index >= 15 is 0 Å². The van der Waals surface area contributed by atoms with E-state index in [1.54, 1.807) is 24.3 Å². The van der Waals surface area contributed by atoms with Gasteiger partial charge in [0.15, 0.2) is 0 Å². The lowest BCUT2D eigenvalue weighted by molar-refractivity contribution is -0.137. The predicted molar refractivity (Wildman–Crippen MR) is 129 cm³/mol. The number of furan rings is 1. The lowest BCUT2D eigenvalue weighted by atomic mass is 10.1. The van der Waals surface area contributed by atoms with Crippen LogP contribution in [0.3, 0.4) is 0 Å². The Morgan fingerprint density at radius 1 is 1.13 bits per heavy atom. The van der Waals surface area contributed by atoms with Crippen LogP contribution in [0.1, 0.15) is 24.1 Å². The number of rotatable bonds is 6. The first-order chi connectivity index (χ1) is 18.0. The molecule has 1 aliphatic rings. The van der Waals surface area contributed by atoms with Gasteiger partial charge in [-0.25, -0.2) is 18.4 Å². The van der Waals surface area contributed by atoms with Gasteiger partial charge in [0, 0.05) is 23.6 Å². The van der Waals surface area contributed by atoms with Gasteiger partial charge in [0.2, 0.25) is 11.0 Å². The van der Waals surface area contributed by atoms with Gasteiger partial charge >= 0.3 is 6.18 Å². The Morgan fingerprint density at radius 3 is 2.66 bits per heavy atom. The number of hydrogen-bond acceptors (Lipinski definition) is 7. The molecule has 5 rings (SSSR count). The zero-order valence-corrected chi connectivity index (χ0v) is 20.5. The van der Waals surface area contributed by atoms with Crippen LogP contribution in [0.5, 0.6) is 5.75 Å². The van der Waals surface area contributed by atoms with Crippen molar-refractivity contribution in [3.63, 3.8) is 0 Å². The highest BCUT2D eigenvalue weighted by molar-refractivity contribution is 7.89. The first kappa shape index (κ1) is 25.7. The summed E-state index contributed by atoms with van der Waals surface area (Å²) in [5.74, 6) is -1.13. The number of carbonyl (C=O) groups is 1. The van der Waals surface area contributed by atoms with Crippen LogP contribution in [0, 0.1) is 0 Å². The van der Waals surface area contributed by atoms with Crippen molar-refractivity contribution in [1.82, 2.24) is 19.6 Å². The fraction of sp³-hybridized carbons (Fsp3) is 0.240. The van der Waals surface area contributed by atoms with Crippen molar-refractivity contribution in [2.45, 2.75) is 36.7 Å². The fourth-order valence-corrected chi connectivity index (χ4v) is 5.96. The number of phenolic OH excluding ortho intramolecular Hbond substituents is 1. The Labute approximate surface area is 215 Å². The quantitative estimate of drug-likeness (QED) is 0.373. The molecule has 4 aromatic rings. The maximum atomic E-state index is 13.3. The van der Waals surface area contributed by atoms with Gasteiger partial charge in [-0.15, -0.1) is 0 Å². The van der Waals surface area contributed by atoms with Crippen molar-refractivity contribution < 1.29 is 35.9 Å². The van der Waals surface area contributed by atoms with Crippen molar-refractivity contribution in [1.29, 1.82) is 0 Å². The van der Waals surface area contributed by atoms with Crippen LogP contribution in [-0.2, 0) is 27.5 Å². The van der Waals surface area contributed by atoms with E-state index in [1.165, 1.54) is 12.1 Å². The second-order valence-corrected chi connectivity index (χ2v) is 10.5. The van der Waals surface area contributed by atoms with Gasteiger partial charge in [0.05, 0.1) is 23.5 Å². The van der Waals surface area contributed by atoms with Crippen LogP contribution in [0.25, 0.3) is 22.2 Å². The summed E-state index contributed by atoms with van der Waals surface area (Å²) in [7, 11) is -4.07. The normalized spacial score (nSPS) is 16.7. The lowest BCUT2D eigenvalue weighted by Crippen LogP contribution is -2.45. The average Bonchev–Trinajstić information content (AvgIpc) is 3.55. The third kappa shape index (κ3) is 4.94. The smallest absolute Gasteiger partial charge is 0.416 e. The summed E-state index contributed by atoms with van der Waals surface area (Å²) in [4.78, 5) is 21.0. The highest BCUT2D eigenvalue weighted by Gasteiger charge is 2.41. The van der Waals surface area contributed by atoms with Crippen molar-refractivity contribution in [2.24, 2.45) is 0 Å². The molecule has 3 heterocycles. The average molecular weight is 547 g/mol. The molecule has 38 heavy (non-hydrogen) atoms. The maximum Gasteiger partial charge on any atom is 0.416 e. The molecule has 2 aromatic carbocycles. The van der Waals surface area contributed by atoms with E-state index in [-0.39, 0.29) is 29.4 Å². The van der Waals surface area contributed by atoms with Gasteiger partial charge in [-0.2, -0.15) is 17.5 Å². The number of fused-ring (bicyclic) bond motifs is 1. The molecule has 2 N–H and O–H groups in total. The number of aromatic nitrogens is 2.